The number of fused-ring (bicyclic) bond motifs is 1. The lowest BCUT2D eigenvalue weighted by Crippen LogP contribution is -2.50. The summed E-state index contributed by atoms with van der Waals surface area (Å²) in [4.78, 5) is 26.4. The Labute approximate surface area is 232 Å². The highest BCUT2D eigenvalue weighted by atomic mass is 35.5. The average Bonchev–Trinajstić information content (AvgIpc) is 3.36. The number of ether oxygens (including phenoxy) is 1. The highest BCUT2D eigenvalue weighted by Gasteiger charge is 2.26. The SMILES string of the molecule is Cc1cccc(OCC(=O)N2CCN(c3ncnc4c3c(-c3ccccc3)cn4-c3ccccc3Cl)CC2)c1. The smallest absolute Gasteiger partial charge is 0.260 e. The summed E-state index contributed by atoms with van der Waals surface area (Å²) in [6, 6.07) is 25.7. The molecule has 39 heavy (non-hydrogen) atoms. The van der Waals surface area contributed by atoms with Crippen molar-refractivity contribution in [3.8, 4) is 22.6 Å². The standard InChI is InChI=1S/C31H28ClN5O2/c1-22-8-7-11-24(18-22)39-20-28(38)35-14-16-36(17-15-35)30-29-25(23-9-3-2-4-10-23)19-37(31(29)34-21-33-30)27-13-6-5-12-26(27)32/h2-13,18-19,21H,14-17,20H2,1H3. The van der Waals surface area contributed by atoms with E-state index < -0.39 is 0 Å². The molecule has 3 aromatic carbocycles. The lowest BCUT2D eigenvalue weighted by molar-refractivity contribution is -0.133. The molecule has 0 unspecified atom stereocenters. The molecule has 2 aromatic heterocycles. The minimum atomic E-state index is -0.0150. The second-order valence-corrected chi connectivity index (χ2v) is 10.0. The first-order valence-corrected chi connectivity index (χ1v) is 13.3. The summed E-state index contributed by atoms with van der Waals surface area (Å²) in [7, 11) is 0. The maximum atomic E-state index is 12.9. The molecule has 0 atom stereocenters. The first kappa shape index (κ1) is 24.9. The van der Waals surface area contributed by atoms with E-state index in [0.29, 0.717) is 37.0 Å². The molecule has 1 aliphatic heterocycles. The molecule has 196 valence electrons. The van der Waals surface area contributed by atoms with Crippen LogP contribution in [0.2, 0.25) is 5.02 Å². The molecule has 1 aliphatic rings. The third-order valence-corrected chi connectivity index (χ3v) is 7.36. The number of para-hydroxylation sites is 1. The molecule has 0 radical (unpaired) electrons. The van der Waals surface area contributed by atoms with Crippen LogP contribution in [0.5, 0.6) is 5.75 Å². The van der Waals surface area contributed by atoms with Crippen LogP contribution in [-0.2, 0) is 4.79 Å². The Morgan fingerprint density at radius 1 is 0.923 bits per heavy atom. The normalized spacial score (nSPS) is 13.6. The number of hydrogen-bond donors (Lipinski definition) is 0. The van der Waals surface area contributed by atoms with Crippen molar-refractivity contribution < 1.29 is 9.53 Å². The van der Waals surface area contributed by atoms with Crippen LogP contribution in [-0.4, -0.2) is 58.1 Å². The van der Waals surface area contributed by atoms with Gasteiger partial charge in [0.25, 0.3) is 5.91 Å². The molecule has 0 saturated carbocycles. The van der Waals surface area contributed by atoms with E-state index in [1.165, 1.54) is 0 Å². The minimum absolute atomic E-state index is 0.0150. The Hall–Kier alpha value is -4.36. The van der Waals surface area contributed by atoms with Crippen molar-refractivity contribution in [3.63, 3.8) is 0 Å². The largest absolute Gasteiger partial charge is 0.484 e. The average molecular weight is 538 g/mol. The van der Waals surface area contributed by atoms with E-state index in [-0.39, 0.29) is 12.5 Å². The molecule has 0 bridgehead atoms. The van der Waals surface area contributed by atoms with Gasteiger partial charge in [-0.05, 0) is 42.3 Å². The minimum Gasteiger partial charge on any atom is -0.484 e. The number of carbonyl (C=O) groups is 1. The zero-order valence-electron chi connectivity index (χ0n) is 21.6. The summed E-state index contributed by atoms with van der Waals surface area (Å²) >= 11 is 6.60. The molecule has 0 spiro atoms. The number of nitrogens with zero attached hydrogens (tertiary/aromatic N) is 5. The van der Waals surface area contributed by atoms with E-state index in [9.17, 15) is 4.79 Å². The number of amides is 1. The number of rotatable bonds is 6. The fraction of sp³-hybridized carbons (Fsp3) is 0.194. The van der Waals surface area contributed by atoms with E-state index in [2.05, 4.69) is 28.2 Å². The molecular formula is C31H28ClN5O2. The molecule has 3 heterocycles. The lowest BCUT2D eigenvalue weighted by atomic mass is 10.1. The van der Waals surface area contributed by atoms with Crippen LogP contribution in [0.3, 0.4) is 0 Å². The number of aryl methyl sites for hydroxylation is 1. The third kappa shape index (κ3) is 5.05. The van der Waals surface area contributed by atoms with Crippen LogP contribution in [0, 0.1) is 6.92 Å². The van der Waals surface area contributed by atoms with Gasteiger partial charge >= 0.3 is 0 Å². The summed E-state index contributed by atoms with van der Waals surface area (Å²) in [6.45, 7) is 4.53. The monoisotopic (exact) mass is 537 g/mol. The maximum absolute atomic E-state index is 12.9. The van der Waals surface area contributed by atoms with Crippen LogP contribution in [0.4, 0.5) is 5.82 Å². The van der Waals surface area contributed by atoms with Crippen LogP contribution in [0.25, 0.3) is 27.8 Å². The Balaban J connectivity index is 1.28. The summed E-state index contributed by atoms with van der Waals surface area (Å²) in [5.41, 5.74) is 4.86. The van der Waals surface area contributed by atoms with Crippen molar-refractivity contribution in [1.29, 1.82) is 0 Å². The number of aromatic nitrogens is 3. The van der Waals surface area contributed by atoms with Crippen LogP contribution in [0.15, 0.2) is 91.4 Å². The van der Waals surface area contributed by atoms with E-state index >= 15 is 0 Å². The Morgan fingerprint density at radius 3 is 2.46 bits per heavy atom. The second kappa shape index (κ2) is 10.8. The molecule has 6 rings (SSSR count). The van der Waals surface area contributed by atoms with Crippen molar-refractivity contribution in [2.75, 3.05) is 37.7 Å². The first-order valence-electron chi connectivity index (χ1n) is 13.0. The van der Waals surface area contributed by atoms with Gasteiger partial charge in [0, 0.05) is 37.9 Å². The number of anilines is 1. The van der Waals surface area contributed by atoms with Gasteiger partial charge in [-0.2, -0.15) is 0 Å². The van der Waals surface area contributed by atoms with Crippen molar-refractivity contribution in [2.24, 2.45) is 0 Å². The predicted octanol–water partition coefficient (Wildman–Crippen LogP) is 5.78. The van der Waals surface area contributed by atoms with E-state index in [1.54, 1.807) is 6.33 Å². The quantitative estimate of drug-likeness (QED) is 0.275. The first-order chi connectivity index (χ1) is 19.1. The zero-order valence-corrected chi connectivity index (χ0v) is 22.4. The van der Waals surface area contributed by atoms with Gasteiger partial charge in [0.1, 0.15) is 17.9 Å². The zero-order chi connectivity index (χ0) is 26.8. The van der Waals surface area contributed by atoms with E-state index in [0.717, 1.165) is 39.2 Å². The topological polar surface area (TPSA) is 63.5 Å². The molecular weight excluding hydrogens is 510 g/mol. The van der Waals surface area contributed by atoms with Crippen LogP contribution < -0.4 is 9.64 Å². The maximum Gasteiger partial charge on any atom is 0.260 e. The Morgan fingerprint density at radius 2 is 1.69 bits per heavy atom. The number of carbonyl (C=O) groups excluding carboxylic acids is 1. The molecule has 7 nitrogen and oxygen atoms in total. The van der Waals surface area contributed by atoms with Gasteiger partial charge in [0.05, 0.1) is 16.1 Å². The van der Waals surface area contributed by atoms with Crippen molar-refractivity contribution in [1.82, 2.24) is 19.4 Å². The predicted molar refractivity (Wildman–Crippen MR) is 155 cm³/mol. The van der Waals surface area contributed by atoms with Gasteiger partial charge in [-0.3, -0.25) is 9.36 Å². The Bertz CT molecular complexity index is 1630. The van der Waals surface area contributed by atoms with Crippen molar-refractivity contribution in [2.45, 2.75) is 6.92 Å². The molecule has 0 aliphatic carbocycles. The molecule has 5 aromatic rings. The van der Waals surface area contributed by atoms with Crippen molar-refractivity contribution >= 4 is 34.4 Å². The second-order valence-electron chi connectivity index (χ2n) is 9.60. The number of benzene rings is 3. The molecule has 8 heteroatoms. The molecule has 1 fully saturated rings. The Kier molecular flexibility index (Phi) is 6.90. The van der Waals surface area contributed by atoms with Gasteiger partial charge in [-0.1, -0.05) is 66.2 Å². The summed E-state index contributed by atoms with van der Waals surface area (Å²) in [5.74, 6) is 1.55. The third-order valence-electron chi connectivity index (χ3n) is 7.04. The lowest BCUT2D eigenvalue weighted by Gasteiger charge is -2.35. The summed E-state index contributed by atoms with van der Waals surface area (Å²) in [5, 5.41) is 1.61. The van der Waals surface area contributed by atoms with E-state index in [4.69, 9.17) is 21.3 Å². The summed E-state index contributed by atoms with van der Waals surface area (Å²) < 4.78 is 7.79. The fourth-order valence-corrected chi connectivity index (χ4v) is 5.29. The van der Waals surface area contributed by atoms with Gasteiger partial charge in [0.15, 0.2) is 12.3 Å². The highest BCUT2D eigenvalue weighted by Crippen LogP contribution is 2.38. The molecule has 1 amide bonds. The van der Waals surface area contributed by atoms with Gasteiger partial charge in [0.2, 0.25) is 0 Å². The van der Waals surface area contributed by atoms with Crippen molar-refractivity contribution in [3.05, 3.63) is 102 Å². The highest BCUT2D eigenvalue weighted by molar-refractivity contribution is 6.32. The number of halogens is 1. The summed E-state index contributed by atoms with van der Waals surface area (Å²) in [6.07, 6.45) is 3.69. The van der Waals surface area contributed by atoms with Crippen LogP contribution in [0.1, 0.15) is 5.56 Å². The number of hydrogen-bond acceptors (Lipinski definition) is 5. The van der Waals surface area contributed by atoms with Gasteiger partial charge in [-0.15, -0.1) is 0 Å². The number of piperazine rings is 1. The van der Waals surface area contributed by atoms with Gasteiger partial charge < -0.3 is 14.5 Å². The van der Waals surface area contributed by atoms with Gasteiger partial charge in [-0.25, -0.2) is 9.97 Å². The fourth-order valence-electron chi connectivity index (χ4n) is 5.06. The van der Waals surface area contributed by atoms with Crippen LogP contribution >= 0.6 is 11.6 Å². The molecule has 1 saturated heterocycles. The molecule has 0 N–H and O–H groups in total. The van der Waals surface area contributed by atoms with E-state index in [1.807, 2.05) is 83.1 Å².